The van der Waals surface area contributed by atoms with E-state index < -0.39 is 11.0 Å². The number of anilines is 1. The summed E-state index contributed by atoms with van der Waals surface area (Å²) in [5, 5.41) is 17.1. The zero-order chi connectivity index (χ0) is 17.1. The van der Waals surface area contributed by atoms with Gasteiger partial charge in [0.05, 0.1) is 16.7 Å². The Morgan fingerprint density at radius 1 is 1.38 bits per heavy atom. The summed E-state index contributed by atoms with van der Waals surface area (Å²) in [6.45, 7) is 1.89. The van der Waals surface area contributed by atoms with Crippen LogP contribution in [0.1, 0.15) is 41.4 Å². The first-order valence-corrected chi connectivity index (χ1v) is 8.65. The standard InChI is InChI=1S/C16H18N4O3S/c1-10(15-19-13-7-2-3-8-14(13)24-15)17-16(21)18-11-5-4-6-12(9-11)20(22)23/h4-6,9-10H,2-3,7-8H2,1H3,(H2,17,18,21). The average molecular weight is 346 g/mol. The van der Waals surface area contributed by atoms with Crippen molar-refractivity contribution in [1.29, 1.82) is 0 Å². The second kappa shape index (κ2) is 6.96. The minimum atomic E-state index is -0.494. The van der Waals surface area contributed by atoms with Crippen molar-refractivity contribution in [3.05, 3.63) is 50.0 Å². The molecule has 1 aromatic carbocycles. The third-order valence-corrected chi connectivity index (χ3v) is 5.24. The van der Waals surface area contributed by atoms with Gasteiger partial charge >= 0.3 is 6.03 Å². The molecule has 2 amide bonds. The zero-order valence-corrected chi connectivity index (χ0v) is 14.1. The van der Waals surface area contributed by atoms with Gasteiger partial charge in [-0.3, -0.25) is 10.1 Å². The van der Waals surface area contributed by atoms with Gasteiger partial charge in [0, 0.05) is 22.7 Å². The molecule has 0 bridgehead atoms. The molecule has 0 aliphatic heterocycles. The highest BCUT2D eigenvalue weighted by Crippen LogP contribution is 2.29. The maximum absolute atomic E-state index is 12.1. The zero-order valence-electron chi connectivity index (χ0n) is 13.2. The second-order valence-corrected chi connectivity index (χ2v) is 6.87. The van der Waals surface area contributed by atoms with Gasteiger partial charge in [-0.1, -0.05) is 6.07 Å². The van der Waals surface area contributed by atoms with Crippen molar-refractivity contribution in [3.8, 4) is 0 Å². The first-order chi connectivity index (χ1) is 11.5. The van der Waals surface area contributed by atoms with E-state index in [-0.39, 0.29) is 11.7 Å². The molecule has 2 aromatic rings. The van der Waals surface area contributed by atoms with E-state index in [0.717, 1.165) is 23.5 Å². The van der Waals surface area contributed by atoms with Crippen LogP contribution in [0.2, 0.25) is 0 Å². The van der Waals surface area contributed by atoms with E-state index in [1.54, 1.807) is 17.4 Å². The van der Waals surface area contributed by atoms with Crippen LogP contribution in [-0.2, 0) is 12.8 Å². The van der Waals surface area contributed by atoms with Crippen LogP contribution in [0.5, 0.6) is 0 Å². The third kappa shape index (κ3) is 3.70. The summed E-state index contributed by atoms with van der Waals surface area (Å²) in [5.74, 6) is 0. The third-order valence-electron chi connectivity index (χ3n) is 3.90. The summed E-state index contributed by atoms with van der Waals surface area (Å²) < 4.78 is 0. The SMILES string of the molecule is CC(NC(=O)Nc1cccc([N+](=O)[O-])c1)c1nc2c(s1)CCCC2. The number of hydrogen-bond donors (Lipinski definition) is 2. The number of hydrogen-bond acceptors (Lipinski definition) is 5. The Kier molecular flexibility index (Phi) is 4.75. The van der Waals surface area contributed by atoms with Gasteiger partial charge in [0.2, 0.25) is 0 Å². The fourth-order valence-electron chi connectivity index (χ4n) is 2.68. The van der Waals surface area contributed by atoms with Gasteiger partial charge in [-0.15, -0.1) is 11.3 Å². The number of amides is 2. The molecular weight excluding hydrogens is 328 g/mol. The number of urea groups is 1. The minimum Gasteiger partial charge on any atom is -0.329 e. The largest absolute Gasteiger partial charge is 0.329 e. The summed E-state index contributed by atoms with van der Waals surface area (Å²) in [6.07, 6.45) is 4.45. The second-order valence-electron chi connectivity index (χ2n) is 5.76. The van der Waals surface area contributed by atoms with Crippen LogP contribution in [-0.4, -0.2) is 15.9 Å². The molecular formula is C16H18N4O3S. The summed E-state index contributed by atoms with van der Waals surface area (Å²) in [7, 11) is 0. The molecule has 24 heavy (non-hydrogen) atoms. The first-order valence-electron chi connectivity index (χ1n) is 7.83. The molecule has 0 saturated carbocycles. The van der Waals surface area contributed by atoms with Crippen LogP contribution < -0.4 is 10.6 Å². The van der Waals surface area contributed by atoms with Crippen molar-refractivity contribution in [2.75, 3.05) is 5.32 Å². The molecule has 1 aliphatic carbocycles. The molecule has 0 radical (unpaired) electrons. The predicted octanol–water partition coefficient (Wildman–Crippen LogP) is 3.81. The number of non-ortho nitro benzene ring substituents is 1. The maximum atomic E-state index is 12.1. The van der Waals surface area contributed by atoms with E-state index >= 15 is 0 Å². The van der Waals surface area contributed by atoms with E-state index in [1.807, 2.05) is 6.92 Å². The monoisotopic (exact) mass is 346 g/mol. The number of rotatable bonds is 4. The molecule has 1 atom stereocenters. The molecule has 8 heteroatoms. The smallest absolute Gasteiger partial charge is 0.319 e. The molecule has 7 nitrogen and oxygen atoms in total. The Bertz CT molecular complexity index is 751. The van der Waals surface area contributed by atoms with Crippen LogP contribution >= 0.6 is 11.3 Å². The van der Waals surface area contributed by atoms with Crippen molar-refractivity contribution in [3.63, 3.8) is 0 Å². The number of fused-ring (bicyclic) bond motifs is 1. The molecule has 1 aliphatic rings. The molecule has 0 saturated heterocycles. The summed E-state index contributed by atoms with van der Waals surface area (Å²) in [6, 6.07) is 5.24. The van der Waals surface area contributed by atoms with Gasteiger partial charge in [-0.2, -0.15) is 0 Å². The number of carbonyl (C=O) groups is 1. The molecule has 0 fully saturated rings. The summed E-state index contributed by atoms with van der Waals surface area (Å²) in [5.41, 5.74) is 1.48. The van der Waals surface area contributed by atoms with Crippen molar-refractivity contribution >= 4 is 28.7 Å². The molecule has 126 valence electrons. The maximum Gasteiger partial charge on any atom is 0.319 e. The van der Waals surface area contributed by atoms with E-state index in [0.29, 0.717) is 5.69 Å². The number of nitrogens with one attached hydrogen (secondary N) is 2. The van der Waals surface area contributed by atoms with E-state index in [1.165, 1.54) is 35.9 Å². The number of benzene rings is 1. The molecule has 3 rings (SSSR count). The highest BCUT2D eigenvalue weighted by Gasteiger charge is 2.19. The fourth-order valence-corrected chi connectivity index (χ4v) is 3.84. The van der Waals surface area contributed by atoms with E-state index in [2.05, 4.69) is 15.6 Å². The van der Waals surface area contributed by atoms with Crippen LogP contribution in [0.3, 0.4) is 0 Å². The lowest BCUT2D eigenvalue weighted by Crippen LogP contribution is -2.31. The van der Waals surface area contributed by atoms with Gasteiger partial charge in [0.15, 0.2) is 0 Å². The quantitative estimate of drug-likeness (QED) is 0.650. The van der Waals surface area contributed by atoms with Gasteiger partial charge in [0.25, 0.3) is 5.69 Å². The van der Waals surface area contributed by atoms with E-state index in [4.69, 9.17) is 0 Å². The van der Waals surface area contributed by atoms with Crippen LogP contribution in [0, 0.1) is 10.1 Å². The average Bonchev–Trinajstić information content (AvgIpc) is 2.99. The number of nitro groups is 1. The molecule has 1 aromatic heterocycles. The Morgan fingerprint density at radius 2 is 2.17 bits per heavy atom. The Hall–Kier alpha value is -2.48. The van der Waals surface area contributed by atoms with Crippen LogP contribution in [0.25, 0.3) is 0 Å². The topological polar surface area (TPSA) is 97.2 Å². The number of thiazole rings is 1. The Labute approximate surface area is 143 Å². The Balaban J connectivity index is 1.63. The number of aryl methyl sites for hydroxylation is 2. The number of carbonyl (C=O) groups excluding carboxylic acids is 1. The van der Waals surface area contributed by atoms with E-state index in [9.17, 15) is 14.9 Å². The lowest BCUT2D eigenvalue weighted by atomic mass is 10.0. The molecule has 1 unspecified atom stereocenters. The number of aromatic nitrogens is 1. The van der Waals surface area contributed by atoms with Crippen molar-refractivity contribution < 1.29 is 9.72 Å². The van der Waals surface area contributed by atoms with Crippen molar-refractivity contribution in [2.24, 2.45) is 0 Å². The predicted molar refractivity (Wildman–Crippen MR) is 92.4 cm³/mol. The van der Waals surface area contributed by atoms with Gasteiger partial charge in [0.1, 0.15) is 5.01 Å². The number of nitrogens with zero attached hydrogens (tertiary/aromatic N) is 2. The lowest BCUT2D eigenvalue weighted by molar-refractivity contribution is -0.384. The fraction of sp³-hybridized carbons (Fsp3) is 0.375. The normalized spacial score (nSPS) is 14.5. The summed E-state index contributed by atoms with van der Waals surface area (Å²) >= 11 is 1.66. The molecule has 2 N–H and O–H groups in total. The van der Waals surface area contributed by atoms with Crippen molar-refractivity contribution in [2.45, 2.75) is 38.6 Å². The summed E-state index contributed by atoms with van der Waals surface area (Å²) in [4.78, 5) is 28.3. The van der Waals surface area contributed by atoms with Crippen LogP contribution in [0.15, 0.2) is 24.3 Å². The number of nitro benzene ring substituents is 1. The van der Waals surface area contributed by atoms with Crippen LogP contribution in [0.4, 0.5) is 16.2 Å². The van der Waals surface area contributed by atoms with Gasteiger partial charge in [-0.05, 0) is 38.7 Å². The van der Waals surface area contributed by atoms with Gasteiger partial charge < -0.3 is 10.6 Å². The lowest BCUT2D eigenvalue weighted by Gasteiger charge is -2.12. The highest BCUT2D eigenvalue weighted by atomic mass is 32.1. The Morgan fingerprint density at radius 3 is 2.92 bits per heavy atom. The first kappa shape index (κ1) is 16.4. The molecule has 0 spiro atoms. The van der Waals surface area contributed by atoms with Crippen molar-refractivity contribution in [1.82, 2.24) is 10.3 Å². The minimum absolute atomic E-state index is 0.0616. The highest BCUT2D eigenvalue weighted by molar-refractivity contribution is 7.11. The molecule has 1 heterocycles. The van der Waals surface area contributed by atoms with Gasteiger partial charge in [-0.25, -0.2) is 9.78 Å².